The van der Waals surface area contributed by atoms with E-state index in [-0.39, 0.29) is 11.8 Å². The number of carbonyl (C=O) groups excluding carboxylic acids is 2. The number of piperazine rings is 1. The van der Waals surface area contributed by atoms with Gasteiger partial charge in [-0.05, 0) is 43.2 Å². The van der Waals surface area contributed by atoms with Crippen molar-refractivity contribution in [3.05, 3.63) is 42.7 Å². The van der Waals surface area contributed by atoms with Crippen molar-refractivity contribution >= 4 is 29.1 Å². The first-order valence-corrected chi connectivity index (χ1v) is 9.90. The lowest BCUT2D eigenvalue weighted by atomic mass is 10.0. The molecule has 2 heterocycles. The molecule has 0 spiro atoms. The Morgan fingerprint density at radius 2 is 1.62 bits per heavy atom. The fraction of sp³-hybridized carbons (Fsp3) is 0.429. The molecule has 4 rings (SSSR count). The van der Waals surface area contributed by atoms with Crippen LogP contribution in [0.5, 0.6) is 0 Å². The highest BCUT2D eigenvalue weighted by Gasteiger charge is 2.58. The van der Waals surface area contributed by atoms with Crippen molar-refractivity contribution in [1.82, 2.24) is 14.9 Å². The first kappa shape index (κ1) is 19.2. The maximum atomic E-state index is 13.1. The summed E-state index contributed by atoms with van der Waals surface area (Å²) in [5.41, 5.74) is 0.859. The minimum absolute atomic E-state index is 0.0615. The molecule has 29 heavy (non-hydrogen) atoms. The first-order valence-electron chi connectivity index (χ1n) is 9.90. The Morgan fingerprint density at radius 1 is 1.00 bits per heavy atom. The summed E-state index contributed by atoms with van der Waals surface area (Å²) in [6, 6.07) is 9.41. The molecule has 1 saturated carbocycles. The van der Waals surface area contributed by atoms with E-state index in [0.29, 0.717) is 50.7 Å². The normalized spacial score (nSPS) is 17.6. The van der Waals surface area contributed by atoms with Crippen molar-refractivity contribution in [2.75, 3.05) is 55.4 Å². The standard InChI is InChI=1S/C21H26N6O2/c1-25(2)17-6-4-16(5-7-17)24-18(28)21(8-9-21)19(29)26-12-14-27(15-13-26)20-22-10-3-11-23-20/h3-7,10-11H,8-9,12-15H2,1-2H3,(H,24,28). The summed E-state index contributed by atoms with van der Waals surface area (Å²) in [7, 11) is 3.93. The van der Waals surface area contributed by atoms with Gasteiger partial charge in [0.1, 0.15) is 5.41 Å². The Labute approximate surface area is 170 Å². The zero-order valence-electron chi connectivity index (χ0n) is 16.8. The van der Waals surface area contributed by atoms with Crippen LogP contribution >= 0.6 is 0 Å². The second-order valence-corrected chi connectivity index (χ2v) is 7.81. The topological polar surface area (TPSA) is 81.7 Å². The molecule has 2 aromatic rings. The van der Waals surface area contributed by atoms with Crippen LogP contribution in [0.1, 0.15) is 12.8 Å². The van der Waals surface area contributed by atoms with E-state index < -0.39 is 5.41 Å². The maximum Gasteiger partial charge on any atom is 0.240 e. The molecule has 0 radical (unpaired) electrons. The van der Waals surface area contributed by atoms with Gasteiger partial charge < -0.3 is 20.0 Å². The van der Waals surface area contributed by atoms with Crippen molar-refractivity contribution in [3.63, 3.8) is 0 Å². The summed E-state index contributed by atoms with van der Waals surface area (Å²) in [5.74, 6) is 0.419. The van der Waals surface area contributed by atoms with Crippen molar-refractivity contribution < 1.29 is 9.59 Å². The molecule has 1 N–H and O–H groups in total. The van der Waals surface area contributed by atoms with Gasteiger partial charge in [0.05, 0.1) is 0 Å². The Bertz CT molecular complexity index is 872. The van der Waals surface area contributed by atoms with E-state index in [4.69, 9.17) is 0 Å². The average Bonchev–Trinajstić information content (AvgIpc) is 3.56. The number of nitrogens with zero attached hydrogens (tertiary/aromatic N) is 5. The second kappa shape index (κ2) is 7.69. The molecule has 1 aromatic heterocycles. The minimum atomic E-state index is -0.911. The fourth-order valence-electron chi connectivity index (χ4n) is 3.62. The van der Waals surface area contributed by atoms with Crippen LogP contribution in [0.4, 0.5) is 17.3 Å². The predicted octanol–water partition coefficient (Wildman–Crippen LogP) is 1.61. The van der Waals surface area contributed by atoms with Crippen molar-refractivity contribution in [2.24, 2.45) is 5.41 Å². The number of aromatic nitrogens is 2. The molecule has 0 unspecified atom stereocenters. The van der Waals surface area contributed by atoms with Crippen LogP contribution in [0.25, 0.3) is 0 Å². The largest absolute Gasteiger partial charge is 0.378 e. The van der Waals surface area contributed by atoms with Gasteiger partial charge >= 0.3 is 0 Å². The molecule has 152 valence electrons. The van der Waals surface area contributed by atoms with Crippen molar-refractivity contribution in [3.8, 4) is 0 Å². The molecule has 1 aliphatic carbocycles. The minimum Gasteiger partial charge on any atom is -0.378 e. The number of amides is 2. The quantitative estimate of drug-likeness (QED) is 0.776. The number of nitrogens with one attached hydrogen (secondary N) is 1. The van der Waals surface area contributed by atoms with Gasteiger partial charge in [-0.15, -0.1) is 0 Å². The lowest BCUT2D eigenvalue weighted by Crippen LogP contribution is -2.53. The van der Waals surface area contributed by atoms with Gasteiger partial charge in [-0.1, -0.05) is 0 Å². The summed E-state index contributed by atoms with van der Waals surface area (Å²) in [4.78, 5) is 40.4. The fourth-order valence-corrected chi connectivity index (χ4v) is 3.62. The van der Waals surface area contributed by atoms with Crippen LogP contribution in [0.2, 0.25) is 0 Å². The van der Waals surface area contributed by atoms with Crippen LogP contribution < -0.4 is 15.1 Å². The molecule has 2 aliphatic rings. The Balaban J connectivity index is 1.36. The third-order valence-corrected chi connectivity index (χ3v) is 5.64. The molecule has 1 aromatic carbocycles. The second-order valence-electron chi connectivity index (χ2n) is 7.81. The van der Waals surface area contributed by atoms with E-state index in [1.165, 1.54) is 0 Å². The summed E-state index contributed by atoms with van der Waals surface area (Å²) < 4.78 is 0. The third kappa shape index (κ3) is 3.87. The number of anilines is 3. The predicted molar refractivity (Wildman–Crippen MR) is 112 cm³/mol. The zero-order valence-corrected chi connectivity index (χ0v) is 16.8. The molecule has 1 aliphatic heterocycles. The summed E-state index contributed by atoms with van der Waals surface area (Å²) in [6.07, 6.45) is 4.65. The highest BCUT2D eigenvalue weighted by Crippen LogP contribution is 2.48. The van der Waals surface area contributed by atoms with Crippen LogP contribution in [0.15, 0.2) is 42.7 Å². The number of rotatable bonds is 5. The van der Waals surface area contributed by atoms with E-state index in [1.807, 2.05) is 43.3 Å². The van der Waals surface area contributed by atoms with Crippen LogP contribution in [0, 0.1) is 5.41 Å². The highest BCUT2D eigenvalue weighted by atomic mass is 16.2. The van der Waals surface area contributed by atoms with Gasteiger partial charge in [0.15, 0.2) is 0 Å². The summed E-state index contributed by atoms with van der Waals surface area (Å²) >= 11 is 0. The van der Waals surface area contributed by atoms with Gasteiger partial charge in [-0.25, -0.2) is 9.97 Å². The molecule has 8 nitrogen and oxygen atoms in total. The van der Waals surface area contributed by atoms with Crippen LogP contribution in [-0.4, -0.2) is 67.0 Å². The number of hydrogen-bond acceptors (Lipinski definition) is 6. The van der Waals surface area contributed by atoms with E-state index >= 15 is 0 Å². The Hall–Kier alpha value is -3.16. The molecular formula is C21H26N6O2. The summed E-state index contributed by atoms with van der Waals surface area (Å²) in [5, 5.41) is 2.93. The van der Waals surface area contributed by atoms with E-state index in [0.717, 1.165) is 5.69 Å². The molecule has 2 amide bonds. The SMILES string of the molecule is CN(C)c1ccc(NC(=O)C2(C(=O)N3CCN(c4ncccn4)CC3)CC2)cc1. The monoisotopic (exact) mass is 394 g/mol. The number of benzene rings is 1. The molecule has 1 saturated heterocycles. The van der Waals surface area contributed by atoms with Gasteiger partial charge in [0.25, 0.3) is 0 Å². The maximum absolute atomic E-state index is 13.1. The smallest absolute Gasteiger partial charge is 0.240 e. The highest BCUT2D eigenvalue weighted by molar-refractivity contribution is 6.13. The average molecular weight is 394 g/mol. The van der Waals surface area contributed by atoms with Crippen molar-refractivity contribution in [2.45, 2.75) is 12.8 Å². The van der Waals surface area contributed by atoms with Gasteiger partial charge in [0, 0.05) is 64.0 Å². The molecule has 8 heteroatoms. The van der Waals surface area contributed by atoms with E-state index in [9.17, 15) is 9.59 Å². The zero-order chi connectivity index (χ0) is 20.4. The lowest BCUT2D eigenvalue weighted by Gasteiger charge is -2.36. The van der Waals surface area contributed by atoms with Gasteiger partial charge in [0.2, 0.25) is 17.8 Å². The summed E-state index contributed by atoms with van der Waals surface area (Å²) in [6.45, 7) is 2.48. The molecule has 0 atom stereocenters. The van der Waals surface area contributed by atoms with Gasteiger partial charge in [-0.2, -0.15) is 0 Å². The van der Waals surface area contributed by atoms with Crippen molar-refractivity contribution in [1.29, 1.82) is 0 Å². The van der Waals surface area contributed by atoms with E-state index in [1.54, 1.807) is 23.4 Å². The number of carbonyl (C=O) groups is 2. The van der Waals surface area contributed by atoms with Crippen LogP contribution in [-0.2, 0) is 9.59 Å². The van der Waals surface area contributed by atoms with Gasteiger partial charge in [-0.3, -0.25) is 9.59 Å². The lowest BCUT2D eigenvalue weighted by molar-refractivity contribution is -0.142. The van der Waals surface area contributed by atoms with E-state index in [2.05, 4.69) is 20.2 Å². The molecule has 0 bridgehead atoms. The number of hydrogen-bond donors (Lipinski definition) is 1. The Morgan fingerprint density at radius 3 is 2.17 bits per heavy atom. The Kier molecular flexibility index (Phi) is 5.08. The van der Waals surface area contributed by atoms with Crippen LogP contribution in [0.3, 0.4) is 0 Å². The molecule has 2 fully saturated rings. The third-order valence-electron chi connectivity index (χ3n) is 5.64. The first-order chi connectivity index (χ1) is 14.0. The molecular weight excluding hydrogens is 368 g/mol.